The van der Waals surface area contributed by atoms with Crippen LogP contribution in [0.25, 0.3) is 10.9 Å². The average Bonchev–Trinajstić information content (AvgIpc) is 2.55. The Bertz CT molecular complexity index is 895. The lowest BCUT2D eigenvalue weighted by Crippen LogP contribution is -2.22. The van der Waals surface area contributed by atoms with Crippen molar-refractivity contribution >= 4 is 34.3 Å². The van der Waals surface area contributed by atoms with Crippen LogP contribution in [0.4, 0.5) is 5.69 Å². The van der Waals surface area contributed by atoms with Crippen molar-refractivity contribution in [3.63, 3.8) is 0 Å². The maximum atomic E-state index is 12.3. The van der Waals surface area contributed by atoms with Crippen molar-refractivity contribution in [2.75, 3.05) is 5.32 Å². The number of benzene rings is 2. The van der Waals surface area contributed by atoms with Gasteiger partial charge in [-0.25, -0.2) is 4.98 Å². The second-order valence-corrected chi connectivity index (χ2v) is 6.96. The minimum Gasteiger partial charge on any atom is -0.508 e. The number of phenols is 1. The van der Waals surface area contributed by atoms with Gasteiger partial charge in [0.1, 0.15) is 5.75 Å². The number of pyridine rings is 1. The predicted octanol–water partition coefficient (Wildman–Crippen LogP) is 4.37. The summed E-state index contributed by atoms with van der Waals surface area (Å²) < 4.78 is 0. The van der Waals surface area contributed by atoms with Crippen LogP contribution < -0.4 is 5.32 Å². The Balaban J connectivity index is 1.74. The molecule has 0 bridgehead atoms. The van der Waals surface area contributed by atoms with Gasteiger partial charge in [0.05, 0.1) is 15.8 Å². The summed E-state index contributed by atoms with van der Waals surface area (Å²) in [5.74, 6) is -0.00172. The molecule has 1 amide bonds. The number of nitrogens with one attached hydrogen (secondary N) is 1. The van der Waals surface area contributed by atoms with Gasteiger partial charge in [0.15, 0.2) is 0 Å². The van der Waals surface area contributed by atoms with Gasteiger partial charge < -0.3 is 10.4 Å². The molecule has 2 N–H and O–H groups in total. The quantitative estimate of drug-likeness (QED) is 0.694. The maximum absolute atomic E-state index is 12.3. The fraction of sp³-hybridized carbons (Fsp3) is 0.158. The summed E-state index contributed by atoms with van der Waals surface area (Å²) in [5, 5.41) is 13.9. The van der Waals surface area contributed by atoms with Crippen molar-refractivity contribution in [1.29, 1.82) is 0 Å². The van der Waals surface area contributed by atoms with Gasteiger partial charge in [-0.15, -0.1) is 0 Å². The van der Waals surface area contributed by atoms with E-state index in [9.17, 15) is 9.90 Å². The molecule has 0 fully saturated rings. The molecule has 24 heavy (non-hydrogen) atoms. The van der Waals surface area contributed by atoms with Crippen LogP contribution in [0.2, 0.25) is 0 Å². The molecule has 0 aliphatic carbocycles. The summed E-state index contributed by atoms with van der Waals surface area (Å²) in [7, 11) is 0. The zero-order valence-corrected chi connectivity index (χ0v) is 14.3. The first-order valence-electron chi connectivity index (χ1n) is 7.66. The van der Waals surface area contributed by atoms with E-state index in [0.29, 0.717) is 5.69 Å². The monoisotopic (exact) mass is 338 g/mol. The van der Waals surface area contributed by atoms with Gasteiger partial charge in [-0.1, -0.05) is 36.0 Å². The number of rotatable bonds is 4. The van der Waals surface area contributed by atoms with Crippen LogP contribution in [-0.2, 0) is 4.79 Å². The summed E-state index contributed by atoms with van der Waals surface area (Å²) in [6.45, 7) is 3.89. The Labute approximate surface area is 144 Å². The highest BCUT2D eigenvalue weighted by Crippen LogP contribution is 2.27. The number of anilines is 1. The van der Waals surface area contributed by atoms with Gasteiger partial charge in [0.2, 0.25) is 5.91 Å². The molecule has 122 valence electrons. The Kier molecular flexibility index (Phi) is 4.71. The number of carbonyl (C=O) groups excluding carboxylic acids is 1. The number of aromatic hydroxyl groups is 1. The molecule has 1 aromatic heterocycles. The molecule has 0 spiro atoms. The number of aromatic nitrogens is 1. The number of thioether (sulfide) groups is 1. The lowest BCUT2D eigenvalue weighted by atomic mass is 10.1. The third kappa shape index (κ3) is 3.68. The van der Waals surface area contributed by atoms with E-state index < -0.39 is 0 Å². The predicted molar refractivity (Wildman–Crippen MR) is 98.5 cm³/mol. The first-order chi connectivity index (χ1) is 11.5. The van der Waals surface area contributed by atoms with E-state index in [4.69, 9.17) is 0 Å². The normalized spacial score (nSPS) is 12.1. The molecule has 0 saturated heterocycles. The van der Waals surface area contributed by atoms with Crippen LogP contribution in [0.1, 0.15) is 12.5 Å². The molecule has 0 aliphatic heterocycles. The fourth-order valence-electron chi connectivity index (χ4n) is 2.44. The molecule has 5 heteroatoms. The molecule has 2 aromatic carbocycles. The Morgan fingerprint density at radius 1 is 1.17 bits per heavy atom. The number of nitrogens with zero attached hydrogens (tertiary/aromatic N) is 1. The van der Waals surface area contributed by atoms with Gasteiger partial charge in [0.25, 0.3) is 0 Å². The van der Waals surface area contributed by atoms with E-state index in [-0.39, 0.29) is 16.9 Å². The van der Waals surface area contributed by atoms with E-state index in [1.807, 2.05) is 44.2 Å². The first kappa shape index (κ1) is 16.3. The molecule has 1 atom stereocenters. The summed E-state index contributed by atoms with van der Waals surface area (Å²) in [5.41, 5.74) is 2.65. The molecule has 4 nitrogen and oxygen atoms in total. The van der Waals surface area contributed by atoms with Crippen molar-refractivity contribution < 1.29 is 9.90 Å². The number of para-hydroxylation sites is 1. The third-order valence-corrected chi connectivity index (χ3v) is 4.70. The Morgan fingerprint density at radius 3 is 2.75 bits per heavy atom. The number of hydrogen-bond acceptors (Lipinski definition) is 4. The molecule has 0 saturated carbocycles. The van der Waals surface area contributed by atoms with E-state index >= 15 is 0 Å². The van der Waals surface area contributed by atoms with Gasteiger partial charge in [0, 0.05) is 17.1 Å². The summed E-state index contributed by atoms with van der Waals surface area (Å²) in [6.07, 6.45) is 0. The zero-order valence-electron chi connectivity index (χ0n) is 13.5. The van der Waals surface area contributed by atoms with E-state index in [2.05, 4.69) is 10.3 Å². The fourth-order valence-corrected chi connectivity index (χ4v) is 3.37. The molecule has 0 radical (unpaired) electrons. The lowest BCUT2D eigenvalue weighted by molar-refractivity contribution is -0.115. The lowest BCUT2D eigenvalue weighted by Gasteiger charge is -2.13. The number of fused-ring (bicyclic) bond motifs is 1. The number of phenolic OH excluding ortho intramolecular Hbond substituents is 1. The number of aryl methyl sites for hydroxylation is 1. The van der Waals surface area contributed by atoms with E-state index in [1.165, 1.54) is 17.8 Å². The maximum Gasteiger partial charge on any atom is 0.237 e. The summed E-state index contributed by atoms with van der Waals surface area (Å²) >= 11 is 1.42. The second-order valence-electron chi connectivity index (χ2n) is 5.59. The Morgan fingerprint density at radius 2 is 1.96 bits per heavy atom. The molecular weight excluding hydrogens is 320 g/mol. The van der Waals surface area contributed by atoms with Gasteiger partial charge in [-0.2, -0.15) is 0 Å². The van der Waals surface area contributed by atoms with Crippen molar-refractivity contribution in [2.24, 2.45) is 0 Å². The topological polar surface area (TPSA) is 62.2 Å². The number of hydrogen-bond donors (Lipinski definition) is 2. The number of amides is 1. The van der Waals surface area contributed by atoms with Crippen molar-refractivity contribution in [3.05, 3.63) is 60.2 Å². The van der Waals surface area contributed by atoms with Crippen LogP contribution in [0, 0.1) is 6.92 Å². The van der Waals surface area contributed by atoms with Gasteiger partial charge in [-0.05, 0) is 43.7 Å². The molecule has 3 aromatic rings. The third-order valence-electron chi connectivity index (χ3n) is 3.68. The minimum atomic E-state index is -0.305. The molecule has 0 unspecified atom stereocenters. The highest BCUT2D eigenvalue weighted by Gasteiger charge is 2.16. The molecular formula is C19H18N2O2S. The first-order valence-corrected chi connectivity index (χ1v) is 8.54. The number of carbonyl (C=O) groups is 1. The smallest absolute Gasteiger partial charge is 0.237 e. The summed E-state index contributed by atoms with van der Waals surface area (Å²) in [6, 6.07) is 16.5. The van der Waals surface area contributed by atoms with Crippen LogP contribution in [0.3, 0.4) is 0 Å². The van der Waals surface area contributed by atoms with Crippen LogP contribution >= 0.6 is 11.8 Å². The average molecular weight is 338 g/mol. The second kappa shape index (κ2) is 6.93. The van der Waals surface area contributed by atoms with Gasteiger partial charge >= 0.3 is 0 Å². The molecule has 0 aliphatic rings. The van der Waals surface area contributed by atoms with Crippen molar-refractivity contribution in [1.82, 2.24) is 4.98 Å². The zero-order chi connectivity index (χ0) is 17.1. The van der Waals surface area contributed by atoms with Crippen molar-refractivity contribution in [3.8, 4) is 5.75 Å². The molecule has 3 rings (SSSR count). The highest BCUT2D eigenvalue weighted by molar-refractivity contribution is 8.00. The van der Waals surface area contributed by atoms with E-state index in [0.717, 1.165) is 21.5 Å². The SMILES string of the molecule is Cc1cc(S[C@H](C)C(=O)Nc2cccc(O)c2)nc2ccccc12. The largest absolute Gasteiger partial charge is 0.508 e. The Hall–Kier alpha value is -2.53. The standard InChI is InChI=1S/C19H18N2O2S/c1-12-10-18(21-17-9-4-3-8-16(12)17)24-13(2)19(23)20-14-6-5-7-15(22)11-14/h3-11,13,22H,1-2H3,(H,20,23)/t13-/m1/s1. The minimum absolute atomic E-state index is 0.125. The molecule has 1 heterocycles. The van der Waals surface area contributed by atoms with Crippen LogP contribution in [0.15, 0.2) is 59.6 Å². The van der Waals surface area contributed by atoms with Crippen molar-refractivity contribution in [2.45, 2.75) is 24.1 Å². The van der Waals surface area contributed by atoms with E-state index in [1.54, 1.807) is 18.2 Å². The van der Waals surface area contributed by atoms with Crippen LogP contribution in [-0.4, -0.2) is 21.2 Å². The summed E-state index contributed by atoms with van der Waals surface area (Å²) in [4.78, 5) is 17.0. The highest BCUT2D eigenvalue weighted by atomic mass is 32.2. The van der Waals surface area contributed by atoms with Crippen LogP contribution in [0.5, 0.6) is 5.75 Å². The van der Waals surface area contributed by atoms with Gasteiger partial charge in [-0.3, -0.25) is 4.79 Å².